The van der Waals surface area contributed by atoms with Crippen LogP contribution in [0.2, 0.25) is 0 Å². The Bertz CT molecular complexity index is 291. The van der Waals surface area contributed by atoms with Crippen molar-refractivity contribution in [3.05, 3.63) is 16.1 Å². The molecule has 0 amide bonds. The van der Waals surface area contributed by atoms with Gasteiger partial charge >= 0.3 is 0 Å². The van der Waals surface area contributed by atoms with Gasteiger partial charge in [0.2, 0.25) is 0 Å². The van der Waals surface area contributed by atoms with Gasteiger partial charge in [0.05, 0.1) is 6.04 Å². The highest BCUT2D eigenvalue weighted by atomic mass is 32.1. The highest BCUT2D eigenvalue weighted by Crippen LogP contribution is 2.41. The molecule has 0 aliphatic heterocycles. The molecule has 1 atom stereocenters. The van der Waals surface area contributed by atoms with E-state index in [4.69, 9.17) is 0 Å². The lowest BCUT2D eigenvalue weighted by atomic mass is 10.2. The highest BCUT2D eigenvalue weighted by Gasteiger charge is 2.33. The second-order valence-electron chi connectivity index (χ2n) is 4.10. The molecular formula is C11H18N2S. The molecule has 1 aromatic heterocycles. The Hall–Kier alpha value is -0.410. The zero-order valence-corrected chi connectivity index (χ0v) is 9.73. The van der Waals surface area contributed by atoms with E-state index in [0.29, 0.717) is 6.04 Å². The summed E-state index contributed by atoms with van der Waals surface area (Å²) in [4.78, 5) is 4.58. The molecule has 0 radical (unpaired) electrons. The van der Waals surface area contributed by atoms with Crippen LogP contribution in [0.25, 0.3) is 0 Å². The lowest BCUT2D eigenvalue weighted by Gasteiger charge is -2.14. The lowest BCUT2D eigenvalue weighted by molar-refractivity contribution is 0.479. The summed E-state index contributed by atoms with van der Waals surface area (Å²) in [7, 11) is 0. The molecule has 1 heterocycles. The summed E-state index contributed by atoms with van der Waals surface area (Å²) in [6, 6.07) is 0.536. The first kappa shape index (κ1) is 10.1. The van der Waals surface area contributed by atoms with Crippen LogP contribution in [0.4, 0.5) is 0 Å². The van der Waals surface area contributed by atoms with Crippen LogP contribution in [0.3, 0.4) is 0 Å². The number of rotatable bonds is 5. The molecule has 3 heteroatoms. The van der Waals surface area contributed by atoms with Crippen LogP contribution in [-0.2, 0) is 0 Å². The average Bonchev–Trinajstić information content (AvgIpc) is 2.91. The Kier molecular flexibility index (Phi) is 3.19. The third-order valence-electron chi connectivity index (χ3n) is 2.61. The predicted molar refractivity (Wildman–Crippen MR) is 60.6 cm³/mol. The number of nitrogens with one attached hydrogen (secondary N) is 1. The van der Waals surface area contributed by atoms with Gasteiger partial charge in [0.1, 0.15) is 5.01 Å². The van der Waals surface area contributed by atoms with Gasteiger partial charge in [-0.2, -0.15) is 0 Å². The van der Waals surface area contributed by atoms with E-state index in [1.54, 1.807) is 11.3 Å². The standard InChI is InChI=1S/C11H18N2S/c1-3-6-12-10(9-4-5-9)11-13-8(2)7-14-11/h7,9-10,12H,3-6H2,1-2H3. The van der Waals surface area contributed by atoms with Crippen molar-refractivity contribution >= 4 is 11.3 Å². The van der Waals surface area contributed by atoms with Crippen LogP contribution < -0.4 is 5.32 Å². The smallest absolute Gasteiger partial charge is 0.110 e. The fourth-order valence-electron chi connectivity index (χ4n) is 1.70. The summed E-state index contributed by atoms with van der Waals surface area (Å²) in [5.41, 5.74) is 1.16. The van der Waals surface area contributed by atoms with Crippen LogP contribution >= 0.6 is 11.3 Å². The first-order valence-corrected chi connectivity index (χ1v) is 6.34. The van der Waals surface area contributed by atoms with Crippen molar-refractivity contribution in [2.45, 2.75) is 39.2 Å². The van der Waals surface area contributed by atoms with E-state index in [0.717, 1.165) is 18.2 Å². The van der Waals surface area contributed by atoms with E-state index < -0.39 is 0 Å². The maximum absolute atomic E-state index is 4.58. The molecule has 2 nitrogen and oxygen atoms in total. The fraction of sp³-hybridized carbons (Fsp3) is 0.727. The first-order chi connectivity index (χ1) is 6.81. The number of nitrogens with zero attached hydrogens (tertiary/aromatic N) is 1. The molecule has 0 bridgehead atoms. The molecule has 1 saturated carbocycles. The molecule has 1 aliphatic carbocycles. The summed E-state index contributed by atoms with van der Waals surface area (Å²) in [5.74, 6) is 0.854. The first-order valence-electron chi connectivity index (χ1n) is 5.46. The van der Waals surface area contributed by atoms with Crippen molar-refractivity contribution in [3.8, 4) is 0 Å². The minimum Gasteiger partial charge on any atom is -0.308 e. The predicted octanol–water partition coefficient (Wildman–Crippen LogP) is 2.90. The molecule has 78 valence electrons. The molecule has 1 aromatic rings. The van der Waals surface area contributed by atoms with Gasteiger partial charge in [-0.1, -0.05) is 6.92 Å². The SMILES string of the molecule is CCCNC(c1nc(C)cs1)C1CC1. The molecule has 0 saturated heterocycles. The quantitative estimate of drug-likeness (QED) is 0.808. The fourth-order valence-corrected chi connectivity index (χ4v) is 2.66. The summed E-state index contributed by atoms with van der Waals surface area (Å²) in [6.45, 7) is 5.40. The molecule has 2 rings (SSSR count). The number of aryl methyl sites for hydroxylation is 1. The number of hydrogen-bond acceptors (Lipinski definition) is 3. The zero-order chi connectivity index (χ0) is 9.97. The molecule has 0 aromatic carbocycles. The number of thiazole rings is 1. The van der Waals surface area contributed by atoms with Crippen molar-refractivity contribution in [1.82, 2.24) is 10.3 Å². The minimum absolute atomic E-state index is 0.536. The summed E-state index contributed by atoms with van der Waals surface area (Å²) < 4.78 is 0. The monoisotopic (exact) mass is 210 g/mol. The van der Waals surface area contributed by atoms with Crippen LogP contribution in [0, 0.1) is 12.8 Å². The van der Waals surface area contributed by atoms with Crippen LogP contribution in [-0.4, -0.2) is 11.5 Å². The van der Waals surface area contributed by atoms with Gasteiger partial charge in [0.15, 0.2) is 0 Å². The van der Waals surface area contributed by atoms with E-state index in [2.05, 4.69) is 29.5 Å². The Morgan fingerprint density at radius 3 is 2.93 bits per heavy atom. The van der Waals surface area contributed by atoms with Gasteiger partial charge in [-0.15, -0.1) is 11.3 Å². The summed E-state index contributed by atoms with van der Waals surface area (Å²) in [6.07, 6.45) is 3.95. The topological polar surface area (TPSA) is 24.9 Å². The molecular weight excluding hydrogens is 192 g/mol. The second kappa shape index (κ2) is 4.41. The number of hydrogen-bond donors (Lipinski definition) is 1. The maximum Gasteiger partial charge on any atom is 0.110 e. The van der Waals surface area contributed by atoms with Crippen molar-refractivity contribution < 1.29 is 0 Å². The third kappa shape index (κ3) is 2.34. The number of aromatic nitrogens is 1. The summed E-state index contributed by atoms with van der Waals surface area (Å²) in [5, 5.41) is 7.05. The van der Waals surface area contributed by atoms with Gasteiger partial charge < -0.3 is 5.32 Å². The minimum atomic E-state index is 0.536. The molecule has 0 spiro atoms. The largest absolute Gasteiger partial charge is 0.308 e. The van der Waals surface area contributed by atoms with Gasteiger partial charge in [0, 0.05) is 11.1 Å². The van der Waals surface area contributed by atoms with Gasteiger partial charge in [-0.05, 0) is 38.6 Å². The third-order valence-corrected chi connectivity index (χ3v) is 3.66. The maximum atomic E-state index is 4.58. The zero-order valence-electron chi connectivity index (χ0n) is 8.92. The van der Waals surface area contributed by atoms with E-state index in [-0.39, 0.29) is 0 Å². The lowest BCUT2D eigenvalue weighted by Crippen LogP contribution is -2.23. The van der Waals surface area contributed by atoms with E-state index >= 15 is 0 Å². The Morgan fingerprint density at radius 2 is 2.43 bits per heavy atom. The van der Waals surface area contributed by atoms with Gasteiger partial charge in [-0.25, -0.2) is 4.98 Å². The molecule has 1 N–H and O–H groups in total. The Balaban J connectivity index is 2.02. The van der Waals surface area contributed by atoms with Gasteiger partial charge in [-0.3, -0.25) is 0 Å². The van der Waals surface area contributed by atoms with Crippen molar-refractivity contribution in [3.63, 3.8) is 0 Å². The molecule has 1 fully saturated rings. The van der Waals surface area contributed by atoms with Crippen LogP contribution in [0.1, 0.15) is 42.9 Å². The van der Waals surface area contributed by atoms with E-state index in [1.807, 2.05) is 0 Å². The Morgan fingerprint density at radius 1 is 1.64 bits per heavy atom. The van der Waals surface area contributed by atoms with E-state index in [1.165, 1.54) is 24.3 Å². The van der Waals surface area contributed by atoms with Crippen molar-refractivity contribution in [2.24, 2.45) is 5.92 Å². The normalized spacial score (nSPS) is 18.4. The summed E-state index contributed by atoms with van der Waals surface area (Å²) >= 11 is 1.80. The van der Waals surface area contributed by atoms with Crippen LogP contribution in [0.15, 0.2) is 5.38 Å². The molecule has 14 heavy (non-hydrogen) atoms. The average molecular weight is 210 g/mol. The van der Waals surface area contributed by atoms with Gasteiger partial charge in [0.25, 0.3) is 0 Å². The van der Waals surface area contributed by atoms with Crippen LogP contribution in [0.5, 0.6) is 0 Å². The van der Waals surface area contributed by atoms with Crippen molar-refractivity contribution in [1.29, 1.82) is 0 Å². The Labute approximate surface area is 89.8 Å². The molecule has 1 unspecified atom stereocenters. The van der Waals surface area contributed by atoms with E-state index in [9.17, 15) is 0 Å². The molecule has 1 aliphatic rings. The van der Waals surface area contributed by atoms with Crippen molar-refractivity contribution in [2.75, 3.05) is 6.54 Å². The second-order valence-corrected chi connectivity index (χ2v) is 4.99. The highest BCUT2D eigenvalue weighted by molar-refractivity contribution is 7.09.